The number of ether oxygens (including phenoxy) is 1. The lowest BCUT2D eigenvalue weighted by Crippen LogP contribution is -2.50. The molecule has 0 bridgehead atoms. The number of nitrogens with one attached hydrogen (secondary N) is 1. The van der Waals surface area contributed by atoms with E-state index in [-0.39, 0.29) is 0 Å². The average Bonchev–Trinajstić information content (AvgIpc) is 3.03. The number of likely N-dealkylation sites (tertiary alicyclic amines) is 2. The van der Waals surface area contributed by atoms with Crippen molar-refractivity contribution in [3.8, 4) is 0 Å². The summed E-state index contributed by atoms with van der Waals surface area (Å²) in [5.74, 6) is 1.72. The van der Waals surface area contributed by atoms with Gasteiger partial charge < -0.3 is 15.0 Å². The lowest BCUT2D eigenvalue weighted by molar-refractivity contribution is 0.146. The van der Waals surface area contributed by atoms with E-state index in [0.29, 0.717) is 12.0 Å². The van der Waals surface area contributed by atoms with Gasteiger partial charge in [-0.05, 0) is 38.8 Å². The van der Waals surface area contributed by atoms with Crippen LogP contribution in [0.2, 0.25) is 0 Å². The minimum absolute atomic E-state index is 0.647. The van der Waals surface area contributed by atoms with Crippen LogP contribution < -0.4 is 5.32 Å². The van der Waals surface area contributed by atoms with Crippen LogP contribution in [0.15, 0.2) is 4.99 Å². The van der Waals surface area contributed by atoms with Crippen molar-refractivity contribution in [1.29, 1.82) is 0 Å². The second-order valence-electron chi connectivity index (χ2n) is 7.02. The second-order valence-corrected chi connectivity index (χ2v) is 7.02. The second kappa shape index (κ2) is 10.1. The average molecular weight is 325 g/mol. The number of methoxy groups -OCH3 is 1. The van der Waals surface area contributed by atoms with Crippen molar-refractivity contribution in [2.24, 2.45) is 10.9 Å². The lowest BCUT2D eigenvalue weighted by atomic mass is 10.0. The van der Waals surface area contributed by atoms with Gasteiger partial charge in [-0.1, -0.05) is 19.8 Å². The van der Waals surface area contributed by atoms with E-state index in [9.17, 15) is 0 Å². The van der Waals surface area contributed by atoms with Crippen molar-refractivity contribution < 1.29 is 4.74 Å². The number of aliphatic imine (C=N–C) groups is 1. The lowest BCUT2D eigenvalue weighted by Gasteiger charge is -2.36. The highest BCUT2D eigenvalue weighted by Gasteiger charge is 2.26. The van der Waals surface area contributed by atoms with E-state index in [2.05, 4.69) is 27.0 Å². The maximum absolute atomic E-state index is 5.30. The summed E-state index contributed by atoms with van der Waals surface area (Å²) in [6.45, 7) is 8.85. The van der Waals surface area contributed by atoms with Gasteiger partial charge in [0.2, 0.25) is 0 Å². The van der Waals surface area contributed by atoms with E-state index in [1.807, 2.05) is 7.05 Å². The molecule has 2 atom stereocenters. The molecule has 2 unspecified atom stereocenters. The van der Waals surface area contributed by atoms with Crippen molar-refractivity contribution in [2.75, 3.05) is 53.5 Å². The Bertz CT molecular complexity index is 361. The molecule has 1 N–H and O–H groups in total. The maximum atomic E-state index is 5.30. The molecule has 0 amide bonds. The third kappa shape index (κ3) is 5.64. The van der Waals surface area contributed by atoms with Crippen LogP contribution in [0.5, 0.6) is 0 Å². The Morgan fingerprint density at radius 1 is 1.26 bits per heavy atom. The zero-order valence-electron chi connectivity index (χ0n) is 15.4. The molecule has 0 aromatic carbocycles. The molecule has 2 aliphatic rings. The van der Waals surface area contributed by atoms with Crippen LogP contribution in [0.1, 0.15) is 45.4 Å². The van der Waals surface area contributed by atoms with Crippen LogP contribution in [-0.4, -0.2) is 75.3 Å². The van der Waals surface area contributed by atoms with Crippen LogP contribution in [0.3, 0.4) is 0 Å². The molecular weight excluding hydrogens is 288 g/mol. The van der Waals surface area contributed by atoms with Crippen LogP contribution in [0, 0.1) is 5.92 Å². The summed E-state index contributed by atoms with van der Waals surface area (Å²) in [4.78, 5) is 9.59. The molecule has 0 aliphatic carbocycles. The zero-order chi connectivity index (χ0) is 16.5. The first-order chi connectivity index (χ1) is 11.3. The van der Waals surface area contributed by atoms with Crippen molar-refractivity contribution >= 4 is 5.96 Å². The predicted octanol–water partition coefficient (Wildman–Crippen LogP) is 2.18. The van der Waals surface area contributed by atoms with E-state index in [1.54, 1.807) is 7.11 Å². The molecule has 2 rings (SSSR count). The smallest absolute Gasteiger partial charge is 0.193 e. The molecule has 2 aliphatic heterocycles. The fourth-order valence-corrected chi connectivity index (χ4v) is 3.88. The molecule has 2 heterocycles. The van der Waals surface area contributed by atoms with E-state index < -0.39 is 0 Å². The summed E-state index contributed by atoms with van der Waals surface area (Å²) in [6, 6.07) is 0.671. The number of nitrogens with zero attached hydrogens (tertiary/aromatic N) is 3. The Kier molecular flexibility index (Phi) is 8.17. The fourth-order valence-electron chi connectivity index (χ4n) is 3.88. The number of hydrogen-bond donors (Lipinski definition) is 1. The van der Waals surface area contributed by atoms with E-state index >= 15 is 0 Å². The SMILES string of the molecule is CCCCN1CCCCC1CNC(=NC)N1CCC(COC)C1. The van der Waals surface area contributed by atoms with Gasteiger partial charge in [0.25, 0.3) is 0 Å². The van der Waals surface area contributed by atoms with Crippen LogP contribution in [0.25, 0.3) is 0 Å². The highest BCUT2D eigenvalue weighted by molar-refractivity contribution is 5.80. The molecule has 0 radical (unpaired) electrons. The minimum atomic E-state index is 0.647. The monoisotopic (exact) mass is 324 g/mol. The molecular formula is C18H36N4O. The summed E-state index contributed by atoms with van der Waals surface area (Å²) in [5.41, 5.74) is 0. The first-order valence-electron chi connectivity index (χ1n) is 9.47. The number of unbranched alkanes of at least 4 members (excludes halogenated alkanes) is 1. The number of rotatable bonds is 7. The maximum Gasteiger partial charge on any atom is 0.193 e. The largest absolute Gasteiger partial charge is 0.384 e. The third-order valence-corrected chi connectivity index (χ3v) is 5.24. The van der Waals surface area contributed by atoms with Crippen molar-refractivity contribution in [3.63, 3.8) is 0 Å². The van der Waals surface area contributed by atoms with E-state index in [0.717, 1.165) is 32.2 Å². The molecule has 5 heteroatoms. The molecule has 2 saturated heterocycles. The summed E-state index contributed by atoms with van der Waals surface area (Å²) >= 11 is 0. The molecule has 134 valence electrons. The van der Waals surface area contributed by atoms with Gasteiger partial charge >= 0.3 is 0 Å². The van der Waals surface area contributed by atoms with Gasteiger partial charge in [-0.2, -0.15) is 0 Å². The molecule has 5 nitrogen and oxygen atoms in total. The Morgan fingerprint density at radius 2 is 2.13 bits per heavy atom. The molecule has 0 saturated carbocycles. The van der Waals surface area contributed by atoms with Gasteiger partial charge in [-0.3, -0.25) is 9.89 Å². The highest BCUT2D eigenvalue weighted by atomic mass is 16.5. The topological polar surface area (TPSA) is 40.1 Å². The van der Waals surface area contributed by atoms with Crippen LogP contribution in [0.4, 0.5) is 0 Å². The van der Waals surface area contributed by atoms with Crippen molar-refractivity contribution in [2.45, 2.75) is 51.5 Å². The normalized spacial score (nSPS) is 26.7. The first kappa shape index (κ1) is 18.5. The van der Waals surface area contributed by atoms with Gasteiger partial charge in [0.1, 0.15) is 0 Å². The van der Waals surface area contributed by atoms with Gasteiger partial charge in [0, 0.05) is 45.8 Å². The first-order valence-corrected chi connectivity index (χ1v) is 9.47. The summed E-state index contributed by atoms with van der Waals surface area (Å²) in [5, 5.41) is 3.64. The molecule has 0 aromatic heterocycles. The highest BCUT2D eigenvalue weighted by Crippen LogP contribution is 2.18. The van der Waals surface area contributed by atoms with Crippen LogP contribution in [-0.2, 0) is 4.74 Å². The van der Waals surface area contributed by atoms with E-state index in [4.69, 9.17) is 4.74 Å². The summed E-state index contributed by atoms with van der Waals surface area (Å²) < 4.78 is 5.30. The molecule has 0 aromatic rings. The number of hydrogen-bond acceptors (Lipinski definition) is 3. The molecule has 2 fully saturated rings. The Hall–Kier alpha value is -0.810. The minimum Gasteiger partial charge on any atom is -0.384 e. The standard InChI is InChI=1S/C18H36N4O/c1-4-5-10-21-11-7-6-8-17(21)13-20-18(19-2)22-12-9-16(14-22)15-23-3/h16-17H,4-15H2,1-3H3,(H,19,20). The number of guanidine groups is 1. The van der Waals surface area contributed by atoms with Crippen molar-refractivity contribution in [1.82, 2.24) is 15.1 Å². The number of piperidine rings is 1. The zero-order valence-corrected chi connectivity index (χ0v) is 15.4. The Labute approximate surface area is 142 Å². The molecule has 0 spiro atoms. The third-order valence-electron chi connectivity index (χ3n) is 5.24. The van der Waals surface area contributed by atoms with E-state index in [1.165, 1.54) is 51.6 Å². The predicted molar refractivity (Wildman–Crippen MR) is 97.0 cm³/mol. The van der Waals surface area contributed by atoms with Gasteiger partial charge in [0.15, 0.2) is 5.96 Å². The molecule has 23 heavy (non-hydrogen) atoms. The van der Waals surface area contributed by atoms with Crippen LogP contribution >= 0.6 is 0 Å². The fraction of sp³-hybridized carbons (Fsp3) is 0.944. The van der Waals surface area contributed by atoms with Gasteiger partial charge in [0.05, 0.1) is 6.61 Å². The Morgan fingerprint density at radius 3 is 2.87 bits per heavy atom. The Balaban J connectivity index is 1.80. The van der Waals surface area contributed by atoms with Gasteiger partial charge in [-0.15, -0.1) is 0 Å². The van der Waals surface area contributed by atoms with Gasteiger partial charge in [-0.25, -0.2) is 0 Å². The summed E-state index contributed by atoms with van der Waals surface area (Å²) in [6.07, 6.45) is 7.86. The quantitative estimate of drug-likeness (QED) is 0.576. The van der Waals surface area contributed by atoms with Crippen molar-refractivity contribution in [3.05, 3.63) is 0 Å². The summed E-state index contributed by atoms with van der Waals surface area (Å²) in [7, 11) is 3.70.